The van der Waals surface area contributed by atoms with E-state index in [9.17, 15) is 9.59 Å². The van der Waals surface area contributed by atoms with Crippen LogP contribution in [0.4, 0.5) is 5.13 Å². The molecule has 0 atom stereocenters. The number of thiazole rings is 1. The summed E-state index contributed by atoms with van der Waals surface area (Å²) >= 11 is 1.33. The molecule has 0 saturated carbocycles. The van der Waals surface area contributed by atoms with E-state index < -0.39 is 5.97 Å². The monoisotopic (exact) mass is 429 g/mol. The Labute approximate surface area is 176 Å². The molecule has 0 amide bonds. The maximum absolute atomic E-state index is 12.0. The number of anilines is 1. The van der Waals surface area contributed by atoms with E-state index in [4.69, 9.17) is 18.6 Å². The third-order valence-electron chi connectivity index (χ3n) is 3.67. The zero-order valence-electron chi connectivity index (χ0n) is 16.3. The number of hydrazone groups is 1. The second-order valence-electron chi connectivity index (χ2n) is 5.77. The van der Waals surface area contributed by atoms with Gasteiger partial charge in [-0.05, 0) is 42.8 Å². The Morgan fingerprint density at radius 3 is 2.90 bits per heavy atom. The maximum atomic E-state index is 12.0. The summed E-state index contributed by atoms with van der Waals surface area (Å²) in [6.45, 7) is 2.09. The molecule has 30 heavy (non-hydrogen) atoms. The van der Waals surface area contributed by atoms with Crippen molar-refractivity contribution in [3.05, 3.63) is 59.0 Å². The van der Waals surface area contributed by atoms with Crippen molar-refractivity contribution in [2.45, 2.75) is 13.3 Å². The molecule has 0 saturated heterocycles. The highest BCUT2D eigenvalue weighted by molar-refractivity contribution is 7.13. The van der Waals surface area contributed by atoms with E-state index >= 15 is 0 Å². The molecule has 1 N–H and O–H groups in total. The fraction of sp³-hybridized carbons (Fsp3) is 0.200. The Kier molecular flexibility index (Phi) is 7.17. The molecular formula is C20H19N3O6S. The SMILES string of the molecule is CCOC(=O)Cc1csc(NN=Cc2ccc(OC(=O)c3ccco3)c(OC)c2)n1. The number of nitrogens with one attached hydrogen (secondary N) is 1. The minimum absolute atomic E-state index is 0.0951. The lowest BCUT2D eigenvalue weighted by Crippen LogP contribution is -2.08. The van der Waals surface area contributed by atoms with Crippen molar-refractivity contribution in [2.75, 3.05) is 19.1 Å². The lowest BCUT2D eigenvalue weighted by atomic mass is 10.2. The van der Waals surface area contributed by atoms with Crippen molar-refractivity contribution >= 4 is 34.6 Å². The summed E-state index contributed by atoms with van der Waals surface area (Å²) in [6.07, 6.45) is 3.07. The first-order chi connectivity index (χ1) is 14.6. The number of ether oxygens (including phenoxy) is 3. The van der Waals surface area contributed by atoms with Crippen LogP contribution in [0.25, 0.3) is 0 Å². The number of aromatic nitrogens is 1. The standard InChI is InChI=1S/C20H19N3O6S/c1-3-27-18(24)10-14-12-30-20(22-14)23-21-11-13-6-7-15(17(9-13)26-2)29-19(25)16-5-4-8-28-16/h4-9,11-12H,3,10H2,1-2H3,(H,22,23). The molecule has 0 fully saturated rings. The molecule has 3 aromatic rings. The van der Waals surface area contributed by atoms with Crippen LogP contribution >= 0.6 is 11.3 Å². The van der Waals surface area contributed by atoms with Crippen molar-refractivity contribution in [1.29, 1.82) is 0 Å². The average molecular weight is 429 g/mol. The van der Waals surface area contributed by atoms with E-state index in [2.05, 4.69) is 15.5 Å². The first-order valence-electron chi connectivity index (χ1n) is 8.92. The van der Waals surface area contributed by atoms with Crippen LogP contribution in [0.2, 0.25) is 0 Å². The number of hydrogen-bond acceptors (Lipinski definition) is 10. The topological polar surface area (TPSA) is 112 Å². The zero-order valence-corrected chi connectivity index (χ0v) is 17.1. The summed E-state index contributed by atoms with van der Waals surface area (Å²) < 4.78 is 20.5. The van der Waals surface area contributed by atoms with Crippen LogP contribution < -0.4 is 14.9 Å². The van der Waals surface area contributed by atoms with Crippen molar-refractivity contribution in [1.82, 2.24) is 4.98 Å². The molecule has 2 heterocycles. The zero-order chi connectivity index (χ0) is 21.3. The van der Waals surface area contributed by atoms with Gasteiger partial charge in [0.05, 0.1) is 38.3 Å². The van der Waals surface area contributed by atoms with Gasteiger partial charge >= 0.3 is 11.9 Å². The molecule has 0 bridgehead atoms. The van der Waals surface area contributed by atoms with Crippen LogP contribution in [-0.2, 0) is 16.0 Å². The van der Waals surface area contributed by atoms with Gasteiger partial charge in [0.25, 0.3) is 0 Å². The van der Waals surface area contributed by atoms with E-state index in [1.165, 1.54) is 30.8 Å². The quantitative estimate of drug-likeness (QED) is 0.238. The van der Waals surface area contributed by atoms with Gasteiger partial charge in [-0.3, -0.25) is 10.2 Å². The number of methoxy groups -OCH3 is 1. The molecule has 0 spiro atoms. The molecule has 10 heteroatoms. The van der Waals surface area contributed by atoms with E-state index in [0.29, 0.717) is 28.7 Å². The van der Waals surface area contributed by atoms with Crippen LogP contribution in [0.1, 0.15) is 28.7 Å². The van der Waals surface area contributed by atoms with Crippen molar-refractivity contribution < 1.29 is 28.2 Å². The van der Waals surface area contributed by atoms with Gasteiger partial charge in [0, 0.05) is 5.38 Å². The highest BCUT2D eigenvalue weighted by Gasteiger charge is 2.15. The Bertz CT molecular complexity index is 1030. The number of carbonyl (C=O) groups excluding carboxylic acids is 2. The number of furan rings is 1. The molecule has 2 aromatic heterocycles. The Morgan fingerprint density at radius 1 is 1.30 bits per heavy atom. The van der Waals surface area contributed by atoms with Gasteiger partial charge in [0.2, 0.25) is 10.9 Å². The highest BCUT2D eigenvalue weighted by Crippen LogP contribution is 2.28. The maximum Gasteiger partial charge on any atom is 0.379 e. The molecule has 3 rings (SSSR count). The minimum atomic E-state index is -0.622. The summed E-state index contributed by atoms with van der Waals surface area (Å²) in [4.78, 5) is 27.8. The highest BCUT2D eigenvalue weighted by atomic mass is 32.1. The molecule has 9 nitrogen and oxygen atoms in total. The largest absolute Gasteiger partial charge is 0.493 e. The molecule has 0 aliphatic carbocycles. The van der Waals surface area contributed by atoms with E-state index in [-0.39, 0.29) is 23.9 Å². The number of nitrogens with zero attached hydrogens (tertiary/aromatic N) is 2. The average Bonchev–Trinajstić information content (AvgIpc) is 3.41. The van der Waals surface area contributed by atoms with Gasteiger partial charge in [-0.1, -0.05) is 0 Å². The first-order valence-corrected chi connectivity index (χ1v) is 9.79. The van der Waals surface area contributed by atoms with E-state index in [1.54, 1.807) is 42.8 Å². The molecule has 0 aliphatic rings. The number of rotatable bonds is 9. The van der Waals surface area contributed by atoms with Crippen LogP contribution in [0, 0.1) is 0 Å². The molecule has 0 radical (unpaired) electrons. The van der Waals surface area contributed by atoms with Gasteiger partial charge < -0.3 is 18.6 Å². The normalized spacial score (nSPS) is 10.7. The fourth-order valence-electron chi connectivity index (χ4n) is 2.36. The van der Waals surface area contributed by atoms with Crippen LogP contribution in [0.15, 0.2) is 51.5 Å². The minimum Gasteiger partial charge on any atom is -0.493 e. The fourth-order valence-corrected chi connectivity index (χ4v) is 3.01. The van der Waals surface area contributed by atoms with Crippen LogP contribution in [0.3, 0.4) is 0 Å². The van der Waals surface area contributed by atoms with Crippen molar-refractivity contribution in [3.63, 3.8) is 0 Å². The lowest BCUT2D eigenvalue weighted by Gasteiger charge is -2.08. The Balaban J connectivity index is 1.60. The summed E-state index contributed by atoms with van der Waals surface area (Å²) in [6, 6.07) is 8.10. The predicted molar refractivity (Wildman–Crippen MR) is 110 cm³/mol. The smallest absolute Gasteiger partial charge is 0.379 e. The second kappa shape index (κ2) is 10.2. The summed E-state index contributed by atoms with van der Waals surface area (Å²) in [7, 11) is 1.47. The van der Waals surface area contributed by atoms with Crippen molar-refractivity contribution in [2.24, 2.45) is 5.10 Å². The third kappa shape index (κ3) is 5.67. The van der Waals surface area contributed by atoms with Gasteiger partial charge in [0.15, 0.2) is 11.5 Å². The molecular weight excluding hydrogens is 410 g/mol. The van der Waals surface area contributed by atoms with Gasteiger partial charge in [0.1, 0.15) is 0 Å². The van der Waals surface area contributed by atoms with Crippen LogP contribution in [-0.4, -0.2) is 36.9 Å². The van der Waals surface area contributed by atoms with E-state index in [0.717, 1.165) is 0 Å². The molecule has 0 unspecified atom stereocenters. The molecule has 1 aromatic carbocycles. The Hall–Kier alpha value is -3.66. The predicted octanol–water partition coefficient (Wildman–Crippen LogP) is 3.52. The van der Waals surface area contributed by atoms with Gasteiger partial charge in [-0.2, -0.15) is 5.10 Å². The van der Waals surface area contributed by atoms with Crippen molar-refractivity contribution in [3.8, 4) is 11.5 Å². The third-order valence-corrected chi connectivity index (χ3v) is 4.46. The summed E-state index contributed by atoms with van der Waals surface area (Å²) in [5.41, 5.74) is 4.13. The van der Waals surface area contributed by atoms with Gasteiger partial charge in [-0.15, -0.1) is 11.3 Å². The Morgan fingerprint density at radius 2 is 2.17 bits per heavy atom. The van der Waals surface area contributed by atoms with Gasteiger partial charge in [-0.25, -0.2) is 9.78 Å². The van der Waals surface area contributed by atoms with E-state index in [1.807, 2.05) is 0 Å². The number of benzene rings is 1. The lowest BCUT2D eigenvalue weighted by molar-refractivity contribution is -0.142. The van der Waals surface area contributed by atoms with Crippen LogP contribution in [0.5, 0.6) is 11.5 Å². The molecule has 0 aliphatic heterocycles. The summed E-state index contributed by atoms with van der Waals surface area (Å²) in [5, 5.41) is 6.43. The number of carbonyl (C=O) groups is 2. The number of hydrogen-bond donors (Lipinski definition) is 1. The number of esters is 2. The first kappa shape index (κ1) is 21.1. The summed E-state index contributed by atoms with van der Waals surface area (Å²) in [5.74, 6) is -0.225. The molecule has 156 valence electrons. The second-order valence-corrected chi connectivity index (χ2v) is 6.63.